The topological polar surface area (TPSA) is 112 Å². The fourth-order valence-electron chi connectivity index (χ4n) is 8.82. The summed E-state index contributed by atoms with van der Waals surface area (Å²) in [6.07, 6.45) is -3.45. The maximum atomic E-state index is 17.1. The molecule has 0 aliphatic carbocycles. The van der Waals surface area contributed by atoms with Gasteiger partial charge in [0.25, 0.3) is 0 Å². The Morgan fingerprint density at radius 3 is 2.63 bits per heavy atom. The van der Waals surface area contributed by atoms with E-state index in [1.807, 2.05) is 9.80 Å². The van der Waals surface area contributed by atoms with E-state index >= 15 is 4.39 Å². The van der Waals surface area contributed by atoms with E-state index in [0.29, 0.717) is 25.8 Å². The number of anilines is 1. The molecular weight excluding hydrogens is 743 g/mol. The molecule has 12 nitrogen and oxygen atoms in total. The van der Waals surface area contributed by atoms with Gasteiger partial charge in [0.1, 0.15) is 53.2 Å². The molecule has 5 aliphatic heterocycles. The van der Waals surface area contributed by atoms with E-state index in [1.165, 1.54) is 7.11 Å². The van der Waals surface area contributed by atoms with Crippen LogP contribution in [0.4, 0.5) is 32.6 Å². The number of pyridine rings is 1. The Morgan fingerprint density at radius 2 is 1.89 bits per heavy atom. The largest absolute Gasteiger partial charge is 0.475 e. The monoisotopic (exact) mass is 782 g/mol. The molecule has 54 heavy (non-hydrogen) atoms. The molecule has 0 saturated carbocycles. The Kier molecular flexibility index (Phi) is 9.15. The predicted molar refractivity (Wildman–Crippen MR) is 185 cm³/mol. The third-order valence-corrected chi connectivity index (χ3v) is 11.3. The molecule has 5 atom stereocenters. The van der Waals surface area contributed by atoms with Crippen molar-refractivity contribution in [2.45, 2.75) is 94.5 Å². The zero-order chi connectivity index (χ0) is 38.3. The van der Waals surface area contributed by atoms with Crippen LogP contribution in [0, 0.1) is 5.82 Å². The molecule has 0 unspecified atom stereocenters. The number of amides is 1. The van der Waals surface area contributed by atoms with E-state index in [4.69, 9.17) is 40.3 Å². The number of methoxy groups -OCH3 is 1. The summed E-state index contributed by atoms with van der Waals surface area (Å²) < 4.78 is 104. The fourth-order valence-corrected chi connectivity index (χ4v) is 9.14. The molecule has 5 aliphatic rings. The van der Waals surface area contributed by atoms with E-state index in [1.54, 1.807) is 25.7 Å². The molecule has 0 radical (unpaired) electrons. The minimum absolute atomic E-state index is 0.0229. The lowest BCUT2D eigenvalue weighted by molar-refractivity contribution is -0.137. The van der Waals surface area contributed by atoms with Gasteiger partial charge in [0.15, 0.2) is 12.6 Å². The smallest absolute Gasteiger partial charge is 0.418 e. The zero-order valence-electron chi connectivity index (χ0n) is 30.1. The number of benzene rings is 1. The number of rotatable bonds is 7. The van der Waals surface area contributed by atoms with E-state index in [2.05, 4.69) is 9.97 Å². The molecule has 8 rings (SSSR count). The summed E-state index contributed by atoms with van der Waals surface area (Å²) in [4.78, 5) is 32.8. The average molecular weight is 783 g/mol. The molecule has 7 heterocycles. The van der Waals surface area contributed by atoms with Crippen LogP contribution in [-0.4, -0.2) is 113 Å². The first kappa shape index (κ1) is 37.0. The fraction of sp³-hybridized carbons (Fsp3) is 0.611. The van der Waals surface area contributed by atoms with Gasteiger partial charge < -0.3 is 28.6 Å². The summed E-state index contributed by atoms with van der Waals surface area (Å²) in [5, 5.41) is -0.710. The highest BCUT2D eigenvalue weighted by atomic mass is 35.5. The second kappa shape index (κ2) is 13.4. The predicted octanol–water partition coefficient (Wildman–Crippen LogP) is 6.79. The summed E-state index contributed by atoms with van der Waals surface area (Å²) in [6, 6.07) is 0.492. The van der Waals surface area contributed by atoms with Crippen molar-refractivity contribution in [3.8, 4) is 28.9 Å². The standard InChI is InChI=1S/C36H40ClF5N6O6/c1-34(2,3)54-33(49)48-19-6-7-23(48)24-15-51-31-25-29(27(39)28(43-31)21-10-20(53-17-50-4)11-22(37)26(21)36(40,41)42)44-32(45-30(25)47(24)14-19)52-16-35-8-5-9-46(35)13-18(38)12-35/h10-11,18-19,23-24H,5-9,12-17H2,1-4H3/t18-,19+,23-,24+,35-/m1/s1. The Labute approximate surface area is 312 Å². The molecule has 2 aromatic heterocycles. The molecule has 0 N–H and O–H groups in total. The van der Waals surface area contributed by atoms with E-state index < -0.39 is 69.3 Å². The Bertz CT molecular complexity index is 1990. The first-order valence-electron chi connectivity index (χ1n) is 17.9. The van der Waals surface area contributed by atoms with Crippen LogP contribution in [-0.2, 0) is 15.7 Å². The molecule has 3 aromatic rings. The van der Waals surface area contributed by atoms with Gasteiger partial charge in [-0.2, -0.15) is 23.1 Å². The van der Waals surface area contributed by atoms with Crippen LogP contribution in [0.2, 0.25) is 5.02 Å². The van der Waals surface area contributed by atoms with Crippen LogP contribution >= 0.6 is 11.6 Å². The van der Waals surface area contributed by atoms with Crippen molar-refractivity contribution >= 4 is 34.4 Å². The summed E-state index contributed by atoms with van der Waals surface area (Å²) in [7, 11) is 1.33. The molecule has 4 saturated heterocycles. The number of carbonyl (C=O) groups is 1. The number of piperazine rings is 1. The van der Waals surface area contributed by atoms with Crippen molar-refractivity contribution in [3.05, 3.63) is 28.5 Å². The highest BCUT2D eigenvalue weighted by molar-refractivity contribution is 6.32. The van der Waals surface area contributed by atoms with Gasteiger partial charge in [0.2, 0.25) is 5.88 Å². The second-order valence-electron chi connectivity index (χ2n) is 15.6. The highest BCUT2D eigenvalue weighted by Crippen LogP contribution is 2.49. The summed E-state index contributed by atoms with van der Waals surface area (Å²) in [5.41, 5.74) is -4.51. The molecule has 292 valence electrons. The normalized spacial score (nSPS) is 26.4. The quantitative estimate of drug-likeness (QED) is 0.187. The van der Waals surface area contributed by atoms with Crippen molar-refractivity contribution in [1.29, 1.82) is 0 Å². The lowest BCUT2D eigenvalue weighted by Crippen LogP contribution is -2.63. The van der Waals surface area contributed by atoms with Crippen molar-refractivity contribution in [2.24, 2.45) is 0 Å². The zero-order valence-corrected chi connectivity index (χ0v) is 30.9. The van der Waals surface area contributed by atoms with Crippen LogP contribution in [0.5, 0.6) is 17.6 Å². The third-order valence-electron chi connectivity index (χ3n) is 11.0. The minimum atomic E-state index is -5.03. The van der Waals surface area contributed by atoms with Crippen LogP contribution in [0.3, 0.4) is 0 Å². The number of hydrogen-bond acceptors (Lipinski definition) is 11. The summed E-state index contributed by atoms with van der Waals surface area (Å²) in [5.74, 6) is -1.33. The molecule has 1 amide bonds. The summed E-state index contributed by atoms with van der Waals surface area (Å²) >= 11 is 6.19. The van der Waals surface area contributed by atoms with Crippen LogP contribution in [0.15, 0.2) is 12.1 Å². The van der Waals surface area contributed by atoms with Crippen LogP contribution in [0.1, 0.15) is 58.4 Å². The first-order valence-corrected chi connectivity index (χ1v) is 18.3. The van der Waals surface area contributed by atoms with Crippen molar-refractivity contribution < 1.29 is 50.4 Å². The summed E-state index contributed by atoms with van der Waals surface area (Å²) in [6.45, 7) is 6.24. The minimum Gasteiger partial charge on any atom is -0.475 e. The first-order chi connectivity index (χ1) is 25.6. The number of hydrogen-bond donors (Lipinski definition) is 0. The van der Waals surface area contributed by atoms with Crippen LogP contribution < -0.4 is 19.1 Å². The maximum Gasteiger partial charge on any atom is 0.418 e. The van der Waals surface area contributed by atoms with Gasteiger partial charge in [0, 0.05) is 32.2 Å². The number of nitrogens with zero attached hydrogens (tertiary/aromatic N) is 6. The SMILES string of the molecule is COCOc1cc(Cl)c(C(F)(F)F)c(-c2nc3c4c(nc(OC[C@]56CCCN5C[C@H](F)C6)nc4c2F)N2C[C@@H]4CC[C@H]([C@@H]2CO3)N4C(=O)OC(C)(C)C)c1. The van der Waals surface area contributed by atoms with E-state index in [0.717, 1.165) is 18.6 Å². The molecule has 4 fully saturated rings. The van der Waals surface area contributed by atoms with Gasteiger partial charge in [-0.15, -0.1) is 0 Å². The van der Waals surface area contributed by atoms with E-state index in [9.17, 15) is 22.4 Å². The van der Waals surface area contributed by atoms with Gasteiger partial charge >= 0.3 is 18.3 Å². The number of carbonyl (C=O) groups excluding carboxylic acids is 1. The number of alkyl halides is 4. The number of ether oxygens (including phenoxy) is 5. The van der Waals surface area contributed by atoms with Gasteiger partial charge in [-0.05, 0) is 65.1 Å². The average Bonchev–Trinajstić information content (AvgIpc) is 3.69. The number of fused-ring (bicyclic) bond motifs is 6. The Morgan fingerprint density at radius 1 is 1.09 bits per heavy atom. The lowest BCUT2D eigenvalue weighted by atomic mass is 9.95. The lowest BCUT2D eigenvalue weighted by Gasteiger charge is -2.46. The van der Waals surface area contributed by atoms with Crippen LogP contribution in [0.25, 0.3) is 22.2 Å². The molecule has 2 bridgehead atoms. The van der Waals surface area contributed by atoms with Crippen molar-refractivity contribution in [2.75, 3.05) is 51.7 Å². The Hall–Kier alpha value is -3.96. The van der Waals surface area contributed by atoms with Crippen molar-refractivity contribution in [3.63, 3.8) is 0 Å². The second-order valence-corrected chi connectivity index (χ2v) is 16.0. The van der Waals surface area contributed by atoms with Gasteiger partial charge in [-0.1, -0.05) is 11.6 Å². The van der Waals surface area contributed by atoms with E-state index in [-0.39, 0.29) is 79.9 Å². The molecular formula is C36H40ClF5N6O6. The Balaban J connectivity index is 1.27. The number of halogens is 6. The van der Waals surface area contributed by atoms with Gasteiger partial charge in [-0.25, -0.2) is 18.6 Å². The van der Waals surface area contributed by atoms with Gasteiger partial charge in [0.05, 0.1) is 34.3 Å². The molecule has 0 spiro atoms. The maximum absolute atomic E-state index is 17.1. The number of aromatic nitrogens is 3. The third kappa shape index (κ3) is 6.38. The van der Waals surface area contributed by atoms with Crippen molar-refractivity contribution in [1.82, 2.24) is 24.8 Å². The molecule has 1 aromatic carbocycles. The molecule has 18 heteroatoms. The van der Waals surface area contributed by atoms with Gasteiger partial charge in [-0.3, -0.25) is 9.80 Å². The highest BCUT2D eigenvalue weighted by Gasteiger charge is 2.53.